The summed E-state index contributed by atoms with van der Waals surface area (Å²) < 4.78 is 17.0. The van der Waals surface area contributed by atoms with E-state index >= 15 is 0 Å². The molecule has 5 aromatic rings. The number of carbonyl (C=O) groups is 6. The van der Waals surface area contributed by atoms with Crippen molar-refractivity contribution in [2.75, 3.05) is 19.7 Å². The molecule has 0 bridgehead atoms. The second-order valence-electron chi connectivity index (χ2n) is 16.6. The van der Waals surface area contributed by atoms with Crippen molar-refractivity contribution in [3.63, 3.8) is 0 Å². The second kappa shape index (κ2) is 19.5. The van der Waals surface area contributed by atoms with Crippen molar-refractivity contribution in [2.45, 2.75) is 62.0 Å². The van der Waals surface area contributed by atoms with E-state index in [1.165, 1.54) is 21.6 Å². The number of hydrogen-bond acceptors (Lipinski definition) is 11. The molecule has 0 aromatic heterocycles. The molecule has 3 fully saturated rings. The van der Waals surface area contributed by atoms with Crippen molar-refractivity contribution in [2.24, 2.45) is 5.92 Å². The van der Waals surface area contributed by atoms with Gasteiger partial charge in [-0.05, 0) is 53.8 Å². The Morgan fingerprint density at radius 1 is 0.712 bits per heavy atom. The highest BCUT2D eigenvalue weighted by molar-refractivity contribution is 8.01. The molecule has 3 heterocycles. The molecule has 15 nitrogen and oxygen atoms in total. The number of esters is 1. The number of thioether (sulfide) groups is 1. The van der Waals surface area contributed by atoms with Crippen molar-refractivity contribution in [1.82, 2.24) is 25.3 Å². The number of carbonyl (C=O) groups excluding carboxylic acids is 6. The number of nitrogens with one attached hydrogen (secondary N) is 2. The van der Waals surface area contributed by atoms with E-state index in [0.717, 1.165) is 16.0 Å². The summed E-state index contributed by atoms with van der Waals surface area (Å²) in [5.41, 5.74) is 1.45. The number of urea groups is 1. The zero-order valence-corrected chi connectivity index (χ0v) is 37.1. The van der Waals surface area contributed by atoms with E-state index in [1.807, 2.05) is 66.7 Å². The van der Waals surface area contributed by atoms with Gasteiger partial charge in [-0.1, -0.05) is 127 Å². The highest BCUT2D eigenvalue weighted by atomic mass is 32.2. The highest BCUT2D eigenvalue weighted by Gasteiger charge is 2.74. The number of ether oxygens (including phenoxy) is 3. The molecule has 1 unspecified atom stereocenters. The monoisotopic (exact) mass is 911 g/mol. The number of rotatable bonds is 16. The number of benzene rings is 5. The fourth-order valence-corrected chi connectivity index (χ4v) is 10.0. The maximum atomic E-state index is 14.7. The first-order valence-electron chi connectivity index (χ1n) is 21.5. The number of aliphatic hydroxyl groups excluding tert-OH is 1. The van der Waals surface area contributed by atoms with Gasteiger partial charge >= 0.3 is 23.8 Å². The summed E-state index contributed by atoms with van der Waals surface area (Å²) in [6.07, 6.45) is 0. The van der Waals surface area contributed by atoms with E-state index < -0.39 is 70.0 Å². The third-order valence-corrected chi connectivity index (χ3v) is 13.5. The Labute approximate surface area is 386 Å². The van der Waals surface area contributed by atoms with Gasteiger partial charge in [0, 0.05) is 19.6 Å². The Bertz CT molecular complexity index is 2590. The molecule has 66 heavy (non-hydrogen) atoms. The van der Waals surface area contributed by atoms with Gasteiger partial charge in [0.25, 0.3) is 0 Å². The van der Waals surface area contributed by atoms with Crippen LogP contribution in [0, 0.1) is 5.92 Å². The summed E-state index contributed by atoms with van der Waals surface area (Å²) >= 11 is 1.24. The van der Waals surface area contributed by atoms with Crippen molar-refractivity contribution in [3.8, 4) is 11.5 Å². The van der Waals surface area contributed by atoms with E-state index in [1.54, 1.807) is 86.6 Å². The summed E-state index contributed by atoms with van der Waals surface area (Å²) in [7, 11) is 0. The molecule has 0 spiro atoms. The highest BCUT2D eigenvalue weighted by Crippen LogP contribution is 2.58. The molecule has 3 saturated heterocycles. The lowest BCUT2D eigenvalue weighted by atomic mass is 9.85. The number of aliphatic hydroxyl groups is 1. The molecule has 3 aliphatic rings. The molecule has 340 valence electrons. The molecule has 0 radical (unpaired) electrons. The minimum Gasteiger partial charge on any atom is -0.485 e. The average molecular weight is 912 g/mol. The van der Waals surface area contributed by atoms with Gasteiger partial charge in [0.1, 0.15) is 25.9 Å². The van der Waals surface area contributed by atoms with Crippen LogP contribution in [-0.2, 0) is 55.1 Å². The van der Waals surface area contributed by atoms with Crippen LogP contribution in [0.4, 0.5) is 4.79 Å². The Morgan fingerprint density at radius 3 is 1.86 bits per heavy atom. The topological polar surface area (TPSA) is 184 Å². The van der Waals surface area contributed by atoms with Crippen LogP contribution in [0.3, 0.4) is 0 Å². The number of piperazine rings is 1. The van der Waals surface area contributed by atoms with Crippen LogP contribution >= 0.6 is 11.8 Å². The van der Waals surface area contributed by atoms with Gasteiger partial charge in [-0.3, -0.25) is 29.0 Å². The predicted molar refractivity (Wildman–Crippen MR) is 243 cm³/mol. The van der Waals surface area contributed by atoms with Crippen LogP contribution in [-0.4, -0.2) is 90.9 Å². The van der Waals surface area contributed by atoms with E-state index in [0.29, 0.717) is 34.8 Å². The van der Waals surface area contributed by atoms with Crippen LogP contribution < -0.4 is 20.1 Å². The third kappa shape index (κ3) is 9.19. The number of amides is 6. The molecule has 0 aliphatic carbocycles. The van der Waals surface area contributed by atoms with Crippen molar-refractivity contribution in [1.29, 1.82) is 0 Å². The molecule has 4 atom stereocenters. The lowest BCUT2D eigenvalue weighted by molar-refractivity contribution is -0.185. The van der Waals surface area contributed by atoms with E-state index in [2.05, 4.69) is 10.6 Å². The summed E-state index contributed by atoms with van der Waals surface area (Å²) in [6.45, 7) is 3.13. The first kappa shape index (κ1) is 45.4. The normalized spacial score (nSPS) is 20.2. The molecular formula is C50H49N5O10S. The van der Waals surface area contributed by atoms with Gasteiger partial charge in [-0.15, -0.1) is 11.8 Å². The second-order valence-corrected chi connectivity index (χ2v) is 18.3. The molecule has 3 aliphatic heterocycles. The van der Waals surface area contributed by atoms with Crippen LogP contribution in [0.25, 0.3) is 0 Å². The third-order valence-electron chi connectivity index (χ3n) is 11.9. The van der Waals surface area contributed by atoms with Gasteiger partial charge < -0.3 is 34.9 Å². The minimum absolute atomic E-state index is 0.0150. The van der Waals surface area contributed by atoms with E-state index in [-0.39, 0.29) is 32.8 Å². The van der Waals surface area contributed by atoms with Crippen molar-refractivity contribution < 1.29 is 48.1 Å². The van der Waals surface area contributed by atoms with Crippen LogP contribution in [0.1, 0.15) is 47.7 Å². The average Bonchev–Trinajstić information content (AvgIpc) is 3.54. The largest absolute Gasteiger partial charge is 0.485 e. The fourth-order valence-electron chi connectivity index (χ4n) is 8.28. The fraction of sp³-hybridized carbons (Fsp3) is 0.280. The van der Waals surface area contributed by atoms with E-state index in [9.17, 15) is 33.9 Å². The zero-order chi connectivity index (χ0) is 46.4. The first-order chi connectivity index (χ1) is 31.9. The molecule has 3 N–H and O–H groups in total. The number of nitrogens with zero attached hydrogens (tertiary/aromatic N) is 3. The molecule has 5 aromatic carbocycles. The molecule has 6 amide bonds. The van der Waals surface area contributed by atoms with Gasteiger partial charge in [0.15, 0.2) is 11.5 Å². The Morgan fingerprint density at radius 2 is 1.27 bits per heavy atom. The SMILES string of the molecule is CC1(C)S[C@@H]2[C@@H](CO)C(=O)N2[C@@]1(NC(=O)C(NC(=O)N1CCN(Cc2ccc(OCc3ccccc3)c(OCc3ccccc3)c2)C(=O)C1=O)c1ccccc1)C(=O)OCc1ccccc1. The molecule has 0 saturated carbocycles. The van der Waals surface area contributed by atoms with Crippen LogP contribution in [0.5, 0.6) is 11.5 Å². The van der Waals surface area contributed by atoms with Crippen molar-refractivity contribution in [3.05, 3.63) is 167 Å². The van der Waals surface area contributed by atoms with Gasteiger partial charge in [0.05, 0.1) is 22.6 Å². The standard InChI is InChI=1S/C50H49N5O10S/c1-49(2)50(55-43(58)38(29-56)46(55)66-49,47(61)65-32-35-19-11-5-12-20-35)52-42(57)41(37-21-13-6-14-22-37)51-48(62)54-26-25-53(44(59)45(54)60)28-36-23-24-39(63-30-33-15-7-3-8-16-33)40(27-36)64-31-34-17-9-4-10-18-34/h3-24,27,38,41,46,56H,25-26,28-32H2,1-2H3,(H,51,62)(H,52,57)/t38-,41?,46+,50-/m0/s1. The first-order valence-corrected chi connectivity index (χ1v) is 22.4. The van der Waals surface area contributed by atoms with Gasteiger partial charge in [-0.2, -0.15) is 0 Å². The number of fused-ring (bicyclic) bond motifs is 1. The Kier molecular flexibility index (Phi) is 13.4. The smallest absolute Gasteiger partial charge is 0.355 e. The maximum Gasteiger partial charge on any atom is 0.355 e. The lowest BCUT2D eigenvalue weighted by Crippen LogP contribution is -2.78. The summed E-state index contributed by atoms with van der Waals surface area (Å²) in [5.74, 6) is -4.26. The zero-order valence-electron chi connectivity index (χ0n) is 36.3. The van der Waals surface area contributed by atoms with Crippen LogP contribution in [0.15, 0.2) is 140 Å². The predicted octanol–water partition coefficient (Wildman–Crippen LogP) is 5.32. The van der Waals surface area contributed by atoms with E-state index in [4.69, 9.17) is 14.2 Å². The number of β-lactam (4-membered cyclic amide) rings is 1. The van der Waals surface area contributed by atoms with Gasteiger partial charge in [0.2, 0.25) is 17.5 Å². The number of imide groups is 1. The summed E-state index contributed by atoms with van der Waals surface area (Å²) in [5, 5.41) is 14.8. The molecule has 16 heteroatoms. The quantitative estimate of drug-likeness (QED) is 0.0662. The summed E-state index contributed by atoms with van der Waals surface area (Å²) in [6, 6.07) is 39.1. The van der Waals surface area contributed by atoms with Crippen LogP contribution in [0.2, 0.25) is 0 Å². The van der Waals surface area contributed by atoms with Crippen molar-refractivity contribution >= 4 is 47.4 Å². The molecular weight excluding hydrogens is 863 g/mol. The van der Waals surface area contributed by atoms with Gasteiger partial charge in [-0.25, -0.2) is 9.59 Å². The maximum absolute atomic E-state index is 14.7. The number of hydrogen-bond donors (Lipinski definition) is 3. The Hall–Kier alpha value is -7.17. The minimum atomic E-state index is -2.08. The summed E-state index contributed by atoms with van der Waals surface area (Å²) in [4.78, 5) is 87.5. The Balaban J connectivity index is 0.985. The molecule has 8 rings (SSSR count). The lowest BCUT2D eigenvalue weighted by Gasteiger charge is -2.50.